The fourth-order valence-corrected chi connectivity index (χ4v) is 1.77. The normalized spacial score (nSPS) is 19.4. The van der Waals surface area contributed by atoms with Gasteiger partial charge < -0.3 is 5.21 Å². The maximum atomic E-state index is 8.87. The van der Waals surface area contributed by atoms with Crippen LogP contribution in [0.3, 0.4) is 0 Å². The molecule has 2 heteroatoms. The van der Waals surface area contributed by atoms with Gasteiger partial charge >= 0.3 is 0 Å². The average molecular weight is 187 g/mol. The second-order valence-electron chi connectivity index (χ2n) is 3.42. The molecule has 0 radical (unpaired) electrons. The summed E-state index contributed by atoms with van der Waals surface area (Å²) in [4.78, 5) is 0. The van der Waals surface area contributed by atoms with Crippen molar-refractivity contribution in [3.8, 4) is 0 Å². The summed E-state index contributed by atoms with van der Waals surface area (Å²) in [5.74, 6) is 0. The molecule has 1 aliphatic rings. The zero-order valence-corrected chi connectivity index (χ0v) is 7.98. The minimum absolute atomic E-state index is 0.808. The minimum atomic E-state index is 0.808. The van der Waals surface area contributed by atoms with E-state index in [-0.39, 0.29) is 0 Å². The Morgan fingerprint density at radius 3 is 2.64 bits per heavy atom. The highest BCUT2D eigenvalue weighted by Crippen LogP contribution is 2.24. The van der Waals surface area contributed by atoms with Gasteiger partial charge in [0.2, 0.25) is 0 Å². The third kappa shape index (κ3) is 1.69. The lowest BCUT2D eigenvalue weighted by molar-refractivity contribution is 0.318. The first-order valence-corrected chi connectivity index (χ1v) is 4.88. The molecular formula is C12H13NO. The van der Waals surface area contributed by atoms with E-state index in [1.165, 1.54) is 0 Å². The van der Waals surface area contributed by atoms with Gasteiger partial charge in [0.15, 0.2) is 0 Å². The Morgan fingerprint density at radius 2 is 1.93 bits per heavy atom. The average Bonchev–Trinajstić information content (AvgIpc) is 2.30. The largest absolute Gasteiger partial charge is 0.411 e. The molecule has 1 N–H and O–H groups in total. The van der Waals surface area contributed by atoms with Crippen LogP contribution in [0.4, 0.5) is 0 Å². The van der Waals surface area contributed by atoms with E-state index in [2.05, 4.69) is 11.2 Å². The van der Waals surface area contributed by atoms with Crippen LogP contribution in [0.25, 0.3) is 5.57 Å². The fraction of sp³-hybridized carbons (Fsp3) is 0.250. The number of benzene rings is 1. The molecule has 72 valence electrons. The van der Waals surface area contributed by atoms with Crippen molar-refractivity contribution < 1.29 is 5.21 Å². The number of rotatable bonds is 1. The number of hydrogen-bond acceptors (Lipinski definition) is 2. The first kappa shape index (κ1) is 9.00. The van der Waals surface area contributed by atoms with E-state index in [1.807, 2.05) is 30.3 Å². The smallest absolute Gasteiger partial charge is 0.0870 e. The van der Waals surface area contributed by atoms with Crippen LogP contribution in [-0.2, 0) is 0 Å². The van der Waals surface area contributed by atoms with Crippen LogP contribution in [0.1, 0.15) is 24.8 Å². The maximum Gasteiger partial charge on any atom is 0.0870 e. The summed E-state index contributed by atoms with van der Waals surface area (Å²) < 4.78 is 0. The molecule has 0 saturated carbocycles. The van der Waals surface area contributed by atoms with E-state index in [0.717, 1.165) is 36.1 Å². The molecule has 1 aromatic carbocycles. The Morgan fingerprint density at radius 1 is 1.14 bits per heavy atom. The van der Waals surface area contributed by atoms with Crippen molar-refractivity contribution in [2.45, 2.75) is 19.3 Å². The van der Waals surface area contributed by atoms with Crippen molar-refractivity contribution in [3.63, 3.8) is 0 Å². The van der Waals surface area contributed by atoms with Crippen molar-refractivity contribution >= 4 is 11.3 Å². The van der Waals surface area contributed by atoms with Crippen LogP contribution in [0.2, 0.25) is 0 Å². The Kier molecular flexibility index (Phi) is 2.63. The van der Waals surface area contributed by atoms with E-state index in [9.17, 15) is 0 Å². The van der Waals surface area contributed by atoms with Gasteiger partial charge in [-0.05, 0) is 24.8 Å². The van der Waals surface area contributed by atoms with E-state index in [0.29, 0.717) is 0 Å². The molecule has 2 rings (SSSR count). The second-order valence-corrected chi connectivity index (χ2v) is 3.42. The molecule has 0 aromatic heterocycles. The van der Waals surface area contributed by atoms with E-state index >= 15 is 0 Å². The van der Waals surface area contributed by atoms with Crippen LogP contribution in [-0.4, -0.2) is 10.9 Å². The zero-order chi connectivity index (χ0) is 9.80. The lowest BCUT2D eigenvalue weighted by atomic mass is 9.92. The molecule has 1 aromatic rings. The molecule has 0 amide bonds. The first-order chi connectivity index (χ1) is 6.92. The van der Waals surface area contributed by atoms with Crippen LogP contribution in [0.15, 0.2) is 41.6 Å². The Labute approximate surface area is 83.6 Å². The predicted molar refractivity (Wildman–Crippen MR) is 57.5 cm³/mol. The van der Waals surface area contributed by atoms with Crippen molar-refractivity contribution in [1.29, 1.82) is 0 Å². The molecule has 0 heterocycles. The highest BCUT2D eigenvalue weighted by Gasteiger charge is 2.13. The van der Waals surface area contributed by atoms with Crippen molar-refractivity contribution in [1.82, 2.24) is 0 Å². The summed E-state index contributed by atoms with van der Waals surface area (Å²) in [6.45, 7) is 0. The summed E-state index contributed by atoms with van der Waals surface area (Å²) in [7, 11) is 0. The van der Waals surface area contributed by atoms with Crippen LogP contribution >= 0.6 is 0 Å². The lowest BCUT2D eigenvalue weighted by Gasteiger charge is -2.14. The Balaban J connectivity index is 2.38. The van der Waals surface area contributed by atoms with Gasteiger partial charge in [0, 0.05) is 5.57 Å². The predicted octanol–water partition coefficient (Wildman–Crippen LogP) is 3.08. The summed E-state index contributed by atoms with van der Waals surface area (Å²) in [6.07, 6.45) is 5.17. The maximum absolute atomic E-state index is 8.87. The van der Waals surface area contributed by atoms with Crippen LogP contribution in [0.5, 0.6) is 0 Å². The molecule has 0 bridgehead atoms. The van der Waals surface area contributed by atoms with Gasteiger partial charge in [0.25, 0.3) is 0 Å². The van der Waals surface area contributed by atoms with Crippen molar-refractivity contribution in [3.05, 3.63) is 42.0 Å². The third-order valence-electron chi connectivity index (χ3n) is 2.48. The number of nitrogens with zero attached hydrogens (tertiary/aromatic N) is 1. The highest BCUT2D eigenvalue weighted by atomic mass is 16.4. The fourth-order valence-electron chi connectivity index (χ4n) is 1.77. The zero-order valence-electron chi connectivity index (χ0n) is 7.98. The molecule has 0 fully saturated rings. The Bertz CT molecular complexity index is 365. The van der Waals surface area contributed by atoms with Crippen LogP contribution in [0, 0.1) is 0 Å². The van der Waals surface area contributed by atoms with Gasteiger partial charge in [-0.25, -0.2) is 0 Å². The molecule has 2 nitrogen and oxygen atoms in total. The molecule has 1 aliphatic carbocycles. The molecule has 0 unspecified atom stereocenters. The summed E-state index contributed by atoms with van der Waals surface area (Å²) in [6, 6.07) is 10.1. The monoisotopic (exact) mass is 187 g/mol. The Hall–Kier alpha value is -1.57. The SMILES string of the molecule is O/N=C1\CCCC=C1c1ccccc1. The van der Waals surface area contributed by atoms with Gasteiger partial charge in [-0.3, -0.25) is 0 Å². The summed E-state index contributed by atoms with van der Waals surface area (Å²) >= 11 is 0. The molecule has 0 atom stereocenters. The standard InChI is InChI=1S/C12H13NO/c14-13-12-9-5-4-8-11(12)10-6-2-1-3-7-10/h1-3,6-8,14H,4-5,9H2/b13-12+. The van der Waals surface area contributed by atoms with E-state index in [1.54, 1.807) is 0 Å². The van der Waals surface area contributed by atoms with Gasteiger partial charge in [0.1, 0.15) is 0 Å². The van der Waals surface area contributed by atoms with Gasteiger partial charge in [0.05, 0.1) is 5.71 Å². The van der Waals surface area contributed by atoms with Gasteiger partial charge in [-0.15, -0.1) is 0 Å². The molecule has 0 aliphatic heterocycles. The van der Waals surface area contributed by atoms with E-state index < -0.39 is 0 Å². The molecule has 0 spiro atoms. The summed E-state index contributed by atoms with van der Waals surface area (Å²) in [5.41, 5.74) is 3.03. The second kappa shape index (κ2) is 4.09. The third-order valence-corrected chi connectivity index (χ3v) is 2.48. The minimum Gasteiger partial charge on any atom is -0.411 e. The molecule has 0 saturated heterocycles. The number of allylic oxidation sites excluding steroid dienone is 2. The highest BCUT2D eigenvalue weighted by molar-refractivity contribution is 6.24. The van der Waals surface area contributed by atoms with Crippen LogP contribution < -0.4 is 0 Å². The van der Waals surface area contributed by atoms with Crippen molar-refractivity contribution in [2.75, 3.05) is 0 Å². The summed E-state index contributed by atoms with van der Waals surface area (Å²) in [5, 5.41) is 12.2. The number of hydrogen-bond donors (Lipinski definition) is 1. The first-order valence-electron chi connectivity index (χ1n) is 4.88. The van der Waals surface area contributed by atoms with E-state index in [4.69, 9.17) is 5.21 Å². The quantitative estimate of drug-likeness (QED) is 0.531. The molecular weight excluding hydrogens is 174 g/mol. The van der Waals surface area contributed by atoms with Gasteiger partial charge in [-0.1, -0.05) is 41.6 Å². The molecule has 14 heavy (non-hydrogen) atoms. The van der Waals surface area contributed by atoms with Crippen molar-refractivity contribution in [2.24, 2.45) is 5.16 Å². The lowest BCUT2D eigenvalue weighted by Crippen LogP contribution is -2.06. The topological polar surface area (TPSA) is 32.6 Å². The van der Waals surface area contributed by atoms with Gasteiger partial charge in [-0.2, -0.15) is 0 Å². The number of oxime groups is 1.